The number of rotatable bonds is 4. The van der Waals surface area contributed by atoms with Crippen molar-refractivity contribution in [3.8, 4) is 11.5 Å². The van der Waals surface area contributed by atoms with Crippen LogP contribution in [-0.4, -0.2) is 24.7 Å². The number of halogens is 3. The smallest absolute Gasteiger partial charge is 0.416 e. The summed E-state index contributed by atoms with van der Waals surface area (Å²) < 4.78 is 44.1. The Labute approximate surface area is 184 Å². The summed E-state index contributed by atoms with van der Waals surface area (Å²) in [5.41, 5.74) is 0.611. The first-order valence-corrected chi connectivity index (χ1v) is 10.5. The summed E-state index contributed by atoms with van der Waals surface area (Å²) in [6, 6.07) is 15.2. The van der Waals surface area contributed by atoms with Crippen LogP contribution in [0, 0.1) is 5.92 Å². The van der Waals surface area contributed by atoms with Gasteiger partial charge >= 0.3 is 6.18 Å². The van der Waals surface area contributed by atoms with E-state index < -0.39 is 11.7 Å². The van der Waals surface area contributed by atoms with Crippen LogP contribution in [0.15, 0.2) is 65.7 Å². The number of hydrogen-bond donors (Lipinski definition) is 1. The van der Waals surface area contributed by atoms with Gasteiger partial charge in [-0.2, -0.15) is 13.2 Å². The van der Waals surface area contributed by atoms with Crippen LogP contribution in [-0.2, 0) is 6.18 Å². The fraction of sp³-hybridized carbons (Fsp3) is 0.280. The first-order valence-electron chi connectivity index (χ1n) is 10.5. The van der Waals surface area contributed by atoms with Crippen LogP contribution in [0.1, 0.15) is 35.7 Å². The maximum atomic E-state index is 12.8. The second kappa shape index (κ2) is 9.12. The van der Waals surface area contributed by atoms with Gasteiger partial charge in [-0.1, -0.05) is 12.1 Å². The minimum absolute atomic E-state index is 0.281. The molecule has 7 heteroatoms. The monoisotopic (exact) mass is 440 g/mol. The SMILES string of the molecule is CC(=NC(=O)c1ccc2c(Oc3ccc(C(F)(F)F)cc3)cccc2c1)C1CCNCC1. The van der Waals surface area contributed by atoms with Gasteiger partial charge in [0.2, 0.25) is 0 Å². The van der Waals surface area contributed by atoms with Crippen molar-refractivity contribution in [1.29, 1.82) is 0 Å². The second-order valence-electron chi connectivity index (χ2n) is 7.90. The van der Waals surface area contributed by atoms with Crippen LogP contribution in [0.5, 0.6) is 11.5 Å². The third-order valence-electron chi connectivity index (χ3n) is 5.70. The number of alkyl halides is 3. The summed E-state index contributed by atoms with van der Waals surface area (Å²) >= 11 is 0. The minimum atomic E-state index is -4.39. The van der Waals surface area contributed by atoms with E-state index in [0.717, 1.165) is 54.5 Å². The van der Waals surface area contributed by atoms with E-state index in [4.69, 9.17) is 4.74 Å². The van der Waals surface area contributed by atoms with Gasteiger partial charge < -0.3 is 10.1 Å². The van der Waals surface area contributed by atoms with Crippen LogP contribution < -0.4 is 10.1 Å². The molecule has 0 spiro atoms. The van der Waals surface area contributed by atoms with Crippen LogP contribution in [0.4, 0.5) is 13.2 Å². The Morgan fingerprint density at radius 3 is 2.44 bits per heavy atom. The summed E-state index contributed by atoms with van der Waals surface area (Å²) in [5, 5.41) is 4.84. The molecule has 0 aromatic heterocycles. The molecule has 1 N–H and O–H groups in total. The van der Waals surface area contributed by atoms with Gasteiger partial charge in [0.15, 0.2) is 0 Å². The molecule has 1 heterocycles. The van der Waals surface area contributed by atoms with Crippen molar-refractivity contribution in [2.45, 2.75) is 25.9 Å². The lowest BCUT2D eigenvalue weighted by atomic mass is 9.93. The molecular weight excluding hydrogens is 417 g/mol. The predicted octanol–water partition coefficient (Wildman–Crippen LogP) is 6.25. The number of hydrogen-bond acceptors (Lipinski definition) is 3. The molecule has 1 saturated heterocycles. The average molecular weight is 440 g/mol. The Morgan fingerprint density at radius 2 is 1.75 bits per heavy atom. The molecule has 1 aliphatic rings. The first-order chi connectivity index (χ1) is 15.3. The van der Waals surface area contributed by atoms with Gasteiger partial charge in [-0.15, -0.1) is 0 Å². The number of amides is 1. The number of ether oxygens (including phenoxy) is 1. The Bertz CT molecular complexity index is 1150. The molecule has 3 aromatic rings. The Hall–Kier alpha value is -3.19. The van der Waals surface area contributed by atoms with E-state index in [2.05, 4.69) is 10.3 Å². The molecule has 166 valence electrons. The highest BCUT2D eigenvalue weighted by Crippen LogP contribution is 2.34. The largest absolute Gasteiger partial charge is 0.457 e. The molecule has 1 amide bonds. The number of benzene rings is 3. The molecule has 0 aliphatic carbocycles. The van der Waals surface area contributed by atoms with E-state index in [1.54, 1.807) is 30.3 Å². The number of fused-ring (bicyclic) bond motifs is 1. The molecule has 0 unspecified atom stereocenters. The summed E-state index contributed by atoms with van der Waals surface area (Å²) in [6.45, 7) is 3.78. The average Bonchev–Trinajstić information content (AvgIpc) is 2.79. The summed E-state index contributed by atoms with van der Waals surface area (Å²) in [5.74, 6) is 0.838. The van der Waals surface area contributed by atoms with Crippen molar-refractivity contribution in [3.05, 3.63) is 71.8 Å². The van der Waals surface area contributed by atoms with Crippen LogP contribution >= 0.6 is 0 Å². The van der Waals surface area contributed by atoms with Gasteiger partial charge in [-0.05, 0) is 92.7 Å². The van der Waals surface area contributed by atoms with Gasteiger partial charge in [0.1, 0.15) is 11.5 Å². The van der Waals surface area contributed by atoms with E-state index in [0.29, 0.717) is 23.0 Å². The van der Waals surface area contributed by atoms with Crippen LogP contribution in [0.25, 0.3) is 10.8 Å². The molecule has 32 heavy (non-hydrogen) atoms. The Balaban J connectivity index is 1.55. The molecule has 1 fully saturated rings. The van der Waals surface area contributed by atoms with Crippen molar-refractivity contribution in [2.75, 3.05) is 13.1 Å². The zero-order valence-electron chi connectivity index (χ0n) is 17.6. The van der Waals surface area contributed by atoms with Crippen molar-refractivity contribution in [1.82, 2.24) is 5.32 Å². The lowest BCUT2D eigenvalue weighted by Crippen LogP contribution is -2.31. The number of nitrogens with zero attached hydrogens (tertiary/aromatic N) is 1. The molecule has 0 radical (unpaired) electrons. The molecule has 1 aliphatic heterocycles. The van der Waals surface area contributed by atoms with Crippen LogP contribution in [0.3, 0.4) is 0 Å². The van der Waals surface area contributed by atoms with Crippen molar-refractivity contribution < 1.29 is 22.7 Å². The van der Waals surface area contributed by atoms with E-state index >= 15 is 0 Å². The van der Waals surface area contributed by atoms with Gasteiger partial charge in [-0.25, -0.2) is 4.99 Å². The number of aliphatic imine (C=N–C) groups is 1. The highest BCUT2D eigenvalue weighted by Gasteiger charge is 2.30. The van der Waals surface area contributed by atoms with Gasteiger partial charge in [0.05, 0.1) is 5.56 Å². The Morgan fingerprint density at radius 1 is 1.03 bits per heavy atom. The highest BCUT2D eigenvalue weighted by molar-refractivity contribution is 6.06. The number of nitrogens with one attached hydrogen (secondary N) is 1. The molecule has 0 atom stereocenters. The lowest BCUT2D eigenvalue weighted by molar-refractivity contribution is -0.137. The van der Waals surface area contributed by atoms with Crippen molar-refractivity contribution in [2.24, 2.45) is 10.9 Å². The topological polar surface area (TPSA) is 50.7 Å². The van der Waals surface area contributed by atoms with Gasteiger partial charge in [0, 0.05) is 16.7 Å². The molecule has 4 rings (SSSR count). The zero-order valence-corrected chi connectivity index (χ0v) is 17.6. The van der Waals surface area contributed by atoms with E-state index in [1.807, 2.05) is 13.0 Å². The molecular formula is C25H23F3N2O2. The fourth-order valence-corrected chi connectivity index (χ4v) is 3.87. The maximum absolute atomic E-state index is 12.8. The van der Waals surface area contributed by atoms with Crippen molar-refractivity contribution in [3.63, 3.8) is 0 Å². The second-order valence-corrected chi connectivity index (χ2v) is 7.90. The summed E-state index contributed by atoms with van der Waals surface area (Å²) in [6.07, 6.45) is -2.44. The van der Waals surface area contributed by atoms with Crippen molar-refractivity contribution >= 4 is 22.4 Å². The third-order valence-corrected chi connectivity index (χ3v) is 5.70. The fourth-order valence-electron chi connectivity index (χ4n) is 3.87. The normalized spacial score (nSPS) is 15.7. The summed E-state index contributed by atoms with van der Waals surface area (Å²) in [7, 11) is 0. The summed E-state index contributed by atoms with van der Waals surface area (Å²) in [4.78, 5) is 17.0. The van der Waals surface area contributed by atoms with Gasteiger partial charge in [0.25, 0.3) is 5.91 Å². The molecule has 3 aromatic carbocycles. The van der Waals surface area contributed by atoms with E-state index in [9.17, 15) is 18.0 Å². The molecule has 0 bridgehead atoms. The van der Waals surface area contributed by atoms with Crippen LogP contribution in [0.2, 0.25) is 0 Å². The molecule has 4 nitrogen and oxygen atoms in total. The minimum Gasteiger partial charge on any atom is -0.457 e. The number of carbonyl (C=O) groups is 1. The standard InChI is InChI=1S/C25H23F3N2O2/c1-16(17-11-13-29-14-12-17)30-24(31)19-5-10-22-18(15-19)3-2-4-23(22)32-21-8-6-20(7-9-21)25(26,27)28/h2-10,15,17,29H,11-14H2,1H3. The predicted molar refractivity (Wildman–Crippen MR) is 118 cm³/mol. The van der Waals surface area contributed by atoms with Gasteiger partial charge in [-0.3, -0.25) is 4.79 Å². The van der Waals surface area contributed by atoms with E-state index in [1.165, 1.54) is 12.1 Å². The zero-order chi connectivity index (χ0) is 22.7. The number of piperidine rings is 1. The third kappa shape index (κ3) is 4.99. The molecule has 0 saturated carbocycles. The van der Waals surface area contributed by atoms with E-state index in [-0.39, 0.29) is 5.91 Å². The highest BCUT2D eigenvalue weighted by atomic mass is 19.4. The maximum Gasteiger partial charge on any atom is 0.416 e. The Kier molecular flexibility index (Phi) is 6.28. The first kappa shape index (κ1) is 22.0. The number of carbonyl (C=O) groups excluding carboxylic acids is 1. The quantitative estimate of drug-likeness (QED) is 0.488. The lowest BCUT2D eigenvalue weighted by Gasteiger charge is -2.22.